The Balaban J connectivity index is 2.15. The van der Waals surface area contributed by atoms with Crippen molar-refractivity contribution in [2.24, 2.45) is 0 Å². The Morgan fingerprint density at radius 1 is 1.04 bits per heavy atom. The normalized spacial score (nSPS) is 14.0. The van der Waals surface area contributed by atoms with E-state index < -0.39 is 0 Å². The number of methoxy groups -OCH3 is 2. The molecule has 28 heavy (non-hydrogen) atoms. The molecule has 1 N–H and O–H groups in total. The van der Waals surface area contributed by atoms with Crippen LogP contribution in [0.5, 0.6) is 11.5 Å². The highest BCUT2D eigenvalue weighted by Crippen LogP contribution is 2.36. The number of nitrogens with one attached hydrogen (secondary N) is 1. The molecule has 1 aliphatic rings. The number of rotatable bonds is 6. The van der Waals surface area contributed by atoms with Crippen molar-refractivity contribution in [1.29, 1.82) is 0 Å². The number of anilines is 1. The first-order valence-electron chi connectivity index (χ1n) is 8.77. The van der Waals surface area contributed by atoms with Gasteiger partial charge in [-0.3, -0.25) is 14.5 Å². The Labute approximate surface area is 168 Å². The second kappa shape index (κ2) is 7.94. The molecule has 0 fully saturated rings. The highest BCUT2D eigenvalue weighted by atomic mass is 35.5. The third-order valence-corrected chi connectivity index (χ3v) is 5.09. The highest BCUT2D eigenvalue weighted by molar-refractivity contribution is 6.36. The summed E-state index contributed by atoms with van der Waals surface area (Å²) in [6.07, 6.45) is 0. The van der Waals surface area contributed by atoms with Gasteiger partial charge in [-0.2, -0.15) is 0 Å². The topological polar surface area (TPSA) is 67.9 Å². The Bertz CT molecular complexity index is 984. The van der Waals surface area contributed by atoms with Crippen molar-refractivity contribution >= 4 is 34.7 Å². The van der Waals surface area contributed by atoms with Gasteiger partial charge in [-0.05, 0) is 49.2 Å². The van der Waals surface area contributed by atoms with Crippen LogP contribution in [0.3, 0.4) is 0 Å². The lowest BCUT2D eigenvalue weighted by Crippen LogP contribution is -2.32. The molecule has 0 aromatic heterocycles. The highest BCUT2D eigenvalue weighted by Gasteiger charge is 2.38. The summed E-state index contributed by atoms with van der Waals surface area (Å²) < 4.78 is 10.6. The van der Waals surface area contributed by atoms with Crippen molar-refractivity contribution in [2.45, 2.75) is 13.8 Å². The number of hydrogen-bond acceptors (Lipinski definition) is 5. The van der Waals surface area contributed by atoms with Crippen LogP contribution in [-0.4, -0.2) is 37.5 Å². The molecule has 146 valence electrons. The van der Waals surface area contributed by atoms with E-state index in [1.807, 2.05) is 13.0 Å². The third kappa shape index (κ3) is 3.31. The van der Waals surface area contributed by atoms with Gasteiger partial charge in [-0.1, -0.05) is 23.7 Å². The molecule has 0 spiro atoms. The maximum Gasteiger partial charge on any atom is 0.278 e. The minimum Gasteiger partial charge on any atom is -0.493 e. The standard InChI is InChI=1S/C21H21ClN2O4/c1-5-24-20(25)18(13-9-10-16(27-3)17(11-13)28-4)19(21(24)26)23-15-8-6-7-14(22)12(15)2/h6-11,23H,5H2,1-4H3. The van der Waals surface area contributed by atoms with Gasteiger partial charge in [-0.25, -0.2) is 0 Å². The monoisotopic (exact) mass is 400 g/mol. The summed E-state index contributed by atoms with van der Waals surface area (Å²) >= 11 is 6.20. The van der Waals surface area contributed by atoms with Crippen molar-refractivity contribution in [1.82, 2.24) is 4.90 Å². The van der Waals surface area contributed by atoms with Crippen LogP contribution in [0.1, 0.15) is 18.1 Å². The lowest BCUT2D eigenvalue weighted by atomic mass is 10.0. The zero-order valence-electron chi connectivity index (χ0n) is 16.1. The Morgan fingerprint density at radius 3 is 2.39 bits per heavy atom. The number of halogens is 1. The molecule has 6 nitrogen and oxygen atoms in total. The van der Waals surface area contributed by atoms with Crippen LogP contribution in [0.2, 0.25) is 5.02 Å². The zero-order chi connectivity index (χ0) is 20.4. The van der Waals surface area contributed by atoms with Crippen LogP contribution < -0.4 is 14.8 Å². The van der Waals surface area contributed by atoms with Gasteiger partial charge < -0.3 is 14.8 Å². The predicted molar refractivity (Wildman–Crippen MR) is 109 cm³/mol. The first kappa shape index (κ1) is 19.8. The Kier molecular flexibility index (Phi) is 5.61. The van der Waals surface area contributed by atoms with Crippen LogP contribution in [-0.2, 0) is 9.59 Å². The van der Waals surface area contributed by atoms with Gasteiger partial charge >= 0.3 is 0 Å². The van der Waals surface area contributed by atoms with Gasteiger partial charge in [0.15, 0.2) is 11.5 Å². The molecule has 1 aliphatic heterocycles. The van der Waals surface area contributed by atoms with Gasteiger partial charge in [0.1, 0.15) is 5.70 Å². The number of hydrogen-bond donors (Lipinski definition) is 1. The fraction of sp³-hybridized carbons (Fsp3) is 0.238. The number of amides is 2. The van der Waals surface area contributed by atoms with E-state index in [9.17, 15) is 9.59 Å². The molecule has 2 aromatic carbocycles. The van der Waals surface area contributed by atoms with E-state index in [1.165, 1.54) is 19.1 Å². The SMILES string of the molecule is CCN1C(=O)C(Nc2cccc(Cl)c2C)=C(c2ccc(OC)c(OC)c2)C1=O. The summed E-state index contributed by atoms with van der Waals surface area (Å²) in [4.78, 5) is 27.1. The van der Waals surface area contributed by atoms with Crippen LogP contribution >= 0.6 is 11.6 Å². The second-order valence-electron chi connectivity index (χ2n) is 6.21. The first-order chi connectivity index (χ1) is 13.4. The molecule has 0 atom stereocenters. The van der Waals surface area contributed by atoms with Crippen molar-refractivity contribution in [2.75, 3.05) is 26.1 Å². The average molecular weight is 401 g/mol. The number of benzene rings is 2. The molecule has 1 heterocycles. The number of nitrogens with zero attached hydrogens (tertiary/aromatic N) is 1. The van der Waals surface area contributed by atoms with Gasteiger partial charge in [-0.15, -0.1) is 0 Å². The van der Waals surface area contributed by atoms with E-state index in [0.717, 1.165) is 5.56 Å². The molecule has 0 radical (unpaired) electrons. The van der Waals surface area contributed by atoms with Crippen molar-refractivity contribution in [3.05, 3.63) is 58.2 Å². The first-order valence-corrected chi connectivity index (χ1v) is 9.15. The quantitative estimate of drug-likeness (QED) is 0.745. The minimum atomic E-state index is -0.378. The molecular formula is C21H21ClN2O4. The largest absolute Gasteiger partial charge is 0.493 e. The molecule has 0 saturated heterocycles. The van der Waals surface area contributed by atoms with Crippen LogP contribution in [0, 0.1) is 6.92 Å². The van der Waals surface area contributed by atoms with E-state index in [1.54, 1.807) is 37.3 Å². The van der Waals surface area contributed by atoms with E-state index in [4.69, 9.17) is 21.1 Å². The Morgan fingerprint density at radius 2 is 1.75 bits per heavy atom. The number of carbonyl (C=O) groups excluding carboxylic acids is 2. The number of imide groups is 1. The molecule has 2 amide bonds. The lowest BCUT2D eigenvalue weighted by molar-refractivity contribution is -0.136. The van der Waals surface area contributed by atoms with Crippen LogP contribution in [0.15, 0.2) is 42.1 Å². The third-order valence-electron chi connectivity index (χ3n) is 4.68. The van der Waals surface area contributed by atoms with E-state index in [-0.39, 0.29) is 29.6 Å². The summed E-state index contributed by atoms with van der Waals surface area (Å²) in [7, 11) is 3.05. The molecule has 0 unspecified atom stereocenters. The van der Waals surface area contributed by atoms with Crippen molar-refractivity contribution < 1.29 is 19.1 Å². The second-order valence-corrected chi connectivity index (χ2v) is 6.62. The number of ether oxygens (including phenoxy) is 2. The molecular weight excluding hydrogens is 380 g/mol. The average Bonchev–Trinajstić information content (AvgIpc) is 2.94. The predicted octanol–water partition coefficient (Wildman–Crippen LogP) is 3.88. The summed E-state index contributed by atoms with van der Waals surface area (Å²) in [5, 5.41) is 3.69. The number of likely N-dealkylation sites (N-methyl/N-ethyl adjacent to an activating group) is 1. The minimum absolute atomic E-state index is 0.212. The Hall–Kier alpha value is -2.99. The van der Waals surface area contributed by atoms with Gasteiger partial charge in [0.05, 0.1) is 19.8 Å². The van der Waals surface area contributed by atoms with E-state index in [0.29, 0.717) is 27.8 Å². The van der Waals surface area contributed by atoms with E-state index >= 15 is 0 Å². The maximum atomic E-state index is 13.0. The fourth-order valence-corrected chi connectivity index (χ4v) is 3.29. The van der Waals surface area contributed by atoms with Gasteiger partial charge in [0, 0.05) is 17.3 Å². The van der Waals surface area contributed by atoms with Crippen LogP contribution in [0.4, 0.5) is 5.69 Å². The molecule has 0 aliphatic carbocycles. The summed E-state index contributed by atoms with van der Waals surface area (Å²) in [6.45, 7) is 3.88. The van der Waals surface area contributed by atoms with Gasteiger partial charge in [0.2, 0.25) is 0 Å². The van der Waals surface area contributed by atoms with E-state index in [2.05, 4.69) is 5.32 Å². The molecule has 0 saturated carbocycles. The van der Waals surface area contributed by atoms with Crippen molar-refractivity contribution in [3.63, 3.8) is 0 Å². The summed E-state index contributed by atoms with van der Waals surface area (Å²) in [5.74, 6) is 0.274. The van der Waals surface area contributed by atoms with Gasteiger partial charge in [0.25, 0.3) is 11.8 Å². The molecule has 2 aromatic rings. The van der Waals surface area contributed by atoms with Crippen molar-refractivity contribution in [3.8, 4) is 11.5 Å². The maximum absolute atomic E-state index is 13.0. The zero-order valence-corrected chi connectivity index (χ0v) is 16.9. The fourth-order valence-electron chi connectivity index (χ4n) is 3.12. The summed E-state index contributed by atoms with van der Waals surface area (Å²) in [5.41, 5.74) is 2.52. The number of carbonyl (C=O) groups is 2. The molecule has 3 rings (SSSR count). The lowest BCUT2D eigenvalue weighted by Gasteiger charge is -2.13. The molecule has 0 bridgehead atoms. The van der Waals surface area contributed by atoms with Crippen LogP contribution in [0.25, 0.3) is 5.57 Å². The summed E-state index contributed by atoms with van der Waals surface area (Å²) in [6, 6.07) is 10.5. The smallest absolute Gasteiger partial charge is 0.278 e. The molecule has 7 heteroatoms.